The normalized spacial score (nSPS) is 18.0. The molecule has 0 heteroatoms. The maximum Gasteiger partial charge on any atom is -0.0216 e. The third-order valence-electron chi connectivity index (χ3n) is 4.19. The van der Waals surface area contributed by atoms with Crippen molar-refractivity contribution in [2.75, 3.05) is 0 Å². The van der Waals surface area contributed by atoms with Gasteiger partial charge >= 0.3 is 0 Å². The van der Waals surface area contributed by atoms with Crippen molar-refractivity contribution >= 4 is 0 Å². The van der Waals surface area contributed by atoms with Crippen molar-refractivity contribution in [1.29, 1.82) is 0 Å². The summed E-state index contributed by atoms with van der Waals surface area (Å²) < 4.78 is 0. The molecule has 0 saturated carbocycles. The average molecular weight is 248 g/mol. The van der Waals surface area contributed by atoms with Gasteiger partial charge in [0.25, 0.3) is 0 Å². The van der Waals surface area contributed by atoms with Crippen molar-refractivity contribution in [3.05, 3.63) is 22.3 Å². The maximum atomic E-state index is 2.36. The van der Waals surface area contributed by atoms with Gasteiger partial charge in [0.15, 0.2) is 0 Å². The van der Waals surface area contributed by atoms with Gasteiger partial charge in [0.2, 0.25) is 0 Å². The van der Waals surface area contributed by atoms with Crippen LogP contribution in [0.25, 0.3) is 0 Å². The summed E-state index contributed by atoms with van der Waals surface area (Å²) in [5, 5.41) is 0. The molecule has 1 rings (SSSR count). The fraction of sp³-hybridized carbons (Fsp3) is 0.778. The van der Waals surface area contributed by atoms with Gasteiger partial charge in [-0.3, -0.25) is 0 Å². The van der Waals surface area contributed by atoms with Gasteiger partial charge < -0.3 is 0 Å². The van der Waals surface area contributed by atoms with Crippen molar-refractivity contribution in [2.24, 2.45) is 23.7 Å². The highest BCUT2D eigenvalue weighted by Crippen LogP contribution is 2.43. The summed E-state index contributed by atoms with van der Waals surface area (Å²) >= 11 is 0. The second-order valence-electron chi connectivity index (χ2n) is 7.00. The van der Waals surface area contributed by atoms with E-state index in [-0.39, 0.29) is 0 Å². The summed E-state index contributed by atoms with van der Waals surface area (Å²) in [7, 11) is 0. The van der Waals surface area contributed by atoms with Crippen molar-refractivity contribution in [3.8, 4) is 0 Å². The molecule has 0 spiro atoms. The van der Waals surface area contributed by atoms with E-state index < -0.39 is 0 Å². The lowest BCUT2D eigenvalue weighted by Gasteiger charge is -2.34. The first-order chi connectivity index (χ1) is 8.27. The first-order valence-corrected chi connectivity index (χ1v) is 7.73. The van der Waals surface area contributed by atoms with E-state index in [1.807, 2.05) is 0 Å². The van der Waals surface area contributed by atoms with Crippen molar-refractivity contribution in [3.63, 3.8) is 0 Å². The lowest BCUT2D eigenvalue weighted by molar-refractivity contribution is 0.569. The van der Waals surface area contributed by atoms with Gasteiger partial charge in [-0.15, -0.1) is 0 Å². The summed E-state index contributed by atoms with van der Waals surface area (Å²) in [4.78, 5) is 0. The Bertz CT molecular complexity index is 312. The molecule has 0 aromatic heterocycles. The van der Waals surface area contributed by atoms with Gasteiger partial charge in [-0.25, -0.2) is 0 Å². The molecule has 0 N–H and O–H groups in total. The molecule has 0 atom stereocenters. The van der Waals surface area contributed by atoms with E-state index in [1.54, 1.807) is 22.3 Å². The molecule has 0 bridgehead atoms. The van der Waals surface area contributed by atoms with Crippen LogP contribution in [0.5, 0.6) is 0 Å². The number of hydrogen-bond donors (Lipinski definition) is 0. The minimum atomic E-state index is 0.661. The molecule has 0 saturated heterocycles. The summed E-state index contributed by atoms with van der Waals surface area (Å²) in [5.74, 6) is 2.72. The van der Waals surface area contributed by atoms with Crippen LogP contribution >= 0.6 is 0 Å². The Labute approximate surface area is 115 Å². The van der Waals surface area contributed by atoms with E-state index in [0.29, 0.717) is 23.7 Å². The van der Waals surface area contributed by atoms with Crippen molar-refractivity contribution in [1.82, 2.24) is 0 Å². The fourth-order valence-electron chi connectivity index (χ4n) is 3.45. The number of allylic oxidation sites excluding steroid dienone is 4. The molecular formula is C18H32. The molecule has 0 unspecified atom stereocenters. The van der Waals surface area contributed by atoms with Crippen molar-refractivity contribution < 1.29 is 0 Å². The topological polar surface area (TPSA) is 0 Å². The fourth-order valence-corrected chi connectivity index (χ4v) is 3.45. The maximum absolute atomic E-state index is 2.36. The second kappa shape index (κ2) is 6.08. The molecule has 1 aliphatic carbocycles. The molecule has 1 aliphatic rings. The van der Waals surface area contributed by atoms with Crippen LogP contribution in [0, 0.1) is 23.7 Å². The van der Waals surface area contributed by atoms with E-state index in [4.69, 9.17) is 0 Å². The molecule has 0 radical (unpaired) electrons. The van der Waals surface area contributed by atoms with E-state index in [2.05, 4.69) is 55.4 Å². The van der Waals surface area contributed by atoms with Crippen LogP contribution in [-0.4, -0.2) is 0 Å². The predicted octanol–water partition coefficient (Wildman–Crippen LogP) is 6.00. The lowest BCUT2D eigenvalue weighted by Crippen LogP contribution is -2.19. The molecule has 0 amide bonds. The van der Waals surface area contributed by atoms with Crippen LogP contribution in [0.2, 0.25) is 0 Å². The van der Waals surface area contributed by atoms with Crippen LogP contribution in [0.4, 0.5) is 0 Å². The van der Waals surface area contributed by atoms with Gasteiger partial charge in [0.05, 0.1) is 0 Å². The van der Waals surface area contributed by atoms with E-state index in [1.165, 1.54) is 12.8 Å². The first-order valence-electron chi connectivity index (χ1n) is 7.73. The molecule has 0 aliphatic heterocycles. The Morgan fingerprint density at radius 1 is 0.500 bits per heavy atom. The van der Waals surface area contributed by atoms with E-state index >= 15 is 0 Å². The van der Waals surface area contributed by atoms with Gasteiger partial charge in [-0.1, -0.05) is 66.5 Å². The minimum absolute atomic E-state index is 0.661. The standard InChI is InChI=1S/C18H32/c1-11(2)15-9-10-16(12(3)4)18(14(7)8)17(15)13(5)6/h11-14H,9-10H2,1-8H3. The van der Waals surface area contributed by atoms with Gasteiger partial charge in [0.1, 0.15) is 0 Å². The van der Waals surface area contributed by atoms with Gasteiger partial charge in [0, 0.05) is 0 Å². The quantitative estimate of drug-likeness (QED) is 0.572. The third kappa shape index (κ3) is 3.08. The third-order valence-corrected chi connectivity index (χ3v) is 4.19. The molecule has 0 nitrogen and oxygen atoms in total. The SMILES string of the molecule is CC(C)C1=C(C(C)C)C(C(C)C)=C(C(C)C)CC1. The van der Waals surface area contributed by atoms with E-state index in [0.717, 1.165) is 0 Å². The van der Waals surface area contributed by atoms with Crippen LogP contribution in [0.1, 0.15) is 68.2 Å². The molecular weight excluding hydrogens is 216 g/mol. The van der Waals surface area contributed by atoms with Crippen LogP contribution in [0.15, 0.2) is 22.3 Å². The van der Waals surface area contributed by atoms with Crippen LogP contribution < -0.4 is 0 Å². The monoisotopic (exact) mass is 248 g/mol. The zero-order valence-electron chi connectivity index (χ0n) is 13.7. The summed E-state index contributed by atoms with van der Waals surface area (Å²) in [6, 6.07) is 0. The Hall–Kier alpha value is -0.520. The second-order valence-corrected chi connectivity index (χ2v) is 7.00. The lowest BCUT2D eigenvalue weighted by atomic mass is 9.71. The molecule has 0 heterocycles. The molecule has 104 valence electrons. The Morgan fingerprint density at radius 2 is 0.778 bits per heavy atom. The van der Waals surface area contributed by atoms with Crippen molar-refractivity contribution in [2.45, 2.75) is 68.2 Å². The Morgan fingerprint density at radius 3 is 0.944 bits per heavy atom. The summed E-state index contributed by atoms with van der Waals surface area (Å²) in [6.07, 6.45) is 2.57. The van der Waals surface area contributed by atoms with E-state index in [9.17, 15) is 0 Å². The summed E-state index contributed by atoms with van der Waals surface area (Å²) in [5.41, 5.74) is 6.82. The van der Waals surface area contributed by atoms with Gasteiger partial charge in [-0.2, -0.15) is 0 Å². The van der Waals surface area contributed by atoms with Crippen LogP contribution in [-0.2, 0) is 0 Å². The van der Waals surface area contributed by atoms with Gasteiger partial charge in [-0.05, 0) is 47.7 Å². The predicted molar refractivity (Wildman–Crippen MR) is 82.6 cm³/mol. The summed E-state index contributed by atoms with van der Waals surface area (Å²) in [6.45, 7) is 18.9. The molecule has 0 aromatic carbocycles. The zero-order chi connectivity index (χ0) is 14.0. The number of hydrogen-bond acceptors (Lipinski definition) is 0. The highest BCUT2D eigenvalue weighted by Gasteiger charge is 2.27. The molecule has 18 heavy (non-hydrogen) atoms. The average Bonchev–Trinajstić information content (AvgIpc) is 2.26. The Balaban J connectivity index is 3.43. The zero-order valence-corrected chi connectivity index (χ0v) is 13.7. The highest BCUT2D eigenvalue weighted by atomic mass is 14.3. The smallest absolute Gasteiger partial charge is 0.0216 e. The molecule has 0 fully saturated rings. The Kier molecular flexibility index (Phi) is 5.25. The molecule has 0 aromatic rings. The highest BCUT2D eigenvalue weighted by molar-refractivity contribution is 5.45. The first kappa shape index (κ1) is 15.5. The largest absolute Gasteiger partial charge is 0.0636 e. The van der Waals surface area contributed by atoms with Crippen LogP contribution in [0.3, 0.4) is 0 Å². The number of rotatable bonds is 4. The minimum Gasteiger partial charge on any atom is -0.0636 e.